The molecule has 0 radical (unpaired) electrons. The van der Waals surface area contributed by atoms with Crippen molar-refractivity contribution in [1.82, 2.24) is 0 Å². The summed E-state index contributed by atoms with van der Waals surface area (Å²) >= 11 is 0. The summed E-state index contributed by atoms with van der Waals surface area (Å²) in [5, 5.41) is 9.16. The zero-order chi connectivity index (χ0) is 12.9. The Bertz CT molecular complexity index is 252. The van der Waals surface area contributed by atoms with Crippen LogP contribution in [0.1, 0.15) is 64.2 Å². The average molecular weight is 254 g/mol. The first-order valence-electron chi connectivity index (χ1n) is 7.29. The van der Waals surface area contributed by atoms with Crippen molar-refractivity contribution < 1.29 is 9.47 Å². The molecule has 0 N–H and O–H groups in total. The van der Waals surface area contributed by atoms with Crippen LogP contribution < -0.4 is 0 Å². The van der Waals surface area contributed by atoms with E-state index in [2.05, 4.69) is 10.2 Å². The Morgan fingerprint density at radius 2 is 0.944 bits per heavy atom. The van der Waals surface area contributed by atoms with Crippen LogP contribution in [-0.4, -0.2) is 25.7 Å². The summed E-state index contributed by atoms with van der Waals surface area (Å²) < 4.78 is 11.3. The molecule has 0 aromatic carbocycles. The van der Waals surface area contributed by atoms with Gasteiger partial charge in [-0.3, -0.25) is 0 Å². The van der Waals surface area contributed by atoms with E-state index in [-0.39, 0.29) is 11.4 Å². The molecule has 0 bridgehead atoms. The number of methoxy groups -OCH3 is 2. The molecule has 4 nitrogen and oxygen atoms in total. The maximum Gasteiger partial charge on any atom is 0.178 e. The summed E-state index contributed by atoms with van der Waals surface area (Å²) in [6.07, 6.45) is 11.3. The van der Waals surface area contributed by atoms with E-state index in [1.54, 1.807) is 14.2 Å². The van der Waals surface area contributed by atoms with Crippen molar-refractivity contribution in [1.29, 1.82) is 0 Å². The maximum absolute atomic E-state index is 5.64. The largest absolute Gasteiger partial charge is 0.355 e. The summed E-state index contributed by atoms with van der Waals surface area (Å²) in [6, 6.07) is 0. The van der Waals surface area contributed by atoms with Crippen LogP contribution in [0.25, 0.3) is 0 Å². The first kappa shape index (κ1) is 13.9. The van der Waals surface area contributed by atoms with Crippen LogP contribution in [-0.2, 0) is 9.47 Å². The smallest absolute Gasteiger partial charge is 0.178 e. The van der Waals surface area contributed by atoms with Crippen molar-refractivity contribution in [2.24, 2.45) is 10.2 Å². The molecule has 0 atom stereocenters. The van der Waals surface area contributed by atoms with Gasteiger partial charge >= 0.3 is 0 Å². The van der Waals surface area contributed by atoms with Gasteiger partial charge in [0.15, 0.2) is 11.4 Å². The van der Waals surface area contributed by atoms with Gasteiger partial charge < -0.3 is 9.47 Å². The Kier molecular flexibility index (Phi) is 4.73. The third kappa shape index (κ3) is 3.09. The number of nitrogens with zero attached hydrogens (tertiary/aromatic N) is 2. The monoisotopic (exact) mass is 254 g/mol. The first-order chi connectivity index (χ1) is 8.74. The van der Waals surface area contributed by atoms with E-state index in [0.29, 0.717) is 0 Å². The zero-order valence-corrected chi connectivity index (χ0v) is 11.8. The molecule has 0 aromatic heterocycles. The fourth-order valence-corrected chi connectivity index (χ4v) is 3.08. The summed E-state index contributed by atoms with van der Waals surface area (Å²) in [7, 11) is 3.51. The van der Waals surface area contributed by atoms with Gasteiger partial charge in [0.2, 0.25) is 0 Å². The fourth-order valence-electron chi connectivity index (χ4n) is 3.08. The van der Waals surface area contributed by atoms with Gasteiger partial charge in [0.25, 0.3) is 0 Å². The molecule has 2 saturated carbocycles. The third-order valence-corrected chi connectivity index (χ3v) is 4.44. The summed E-state index contributed by atoms with van der Waals surface area (Å²) in [6.45, 7) is 0. The molecule has 0 unspecified atom stereocenters. The van der Waals surface area contributed by atoms with E-state index >= 15 is 0 Å². The van der Waals surface area contributed by atoms with Crippen molar-refractivity contribution in [3.63, 3.8) is 0 Å². The van der Waals surface area contributed by atoms with Crippen LogP contribution >= 0.6 is 0 Å². The van der Waals surface area contributed by atoms with Crippen molar-refractivity contribution in [3.8, 4) is 0 Å². The Morgan fingerprint density at radius 1 is 0.611 bits per heavy atom. The highest BCUT2D eigenvalue weighted by Gasteiger charge is 2.36. The van der Waals surface area contributed by atoms with Crippen LogP contribution in [0, 0.1) is 0 Å². The van der Waals surface area contributed by atoms with Gasteiger partial charge in [-0.05, 0) is 51.4 Å². The minimum absolute atomic E-state index is 0.374. The molecule has 0 amide bonds. The lowest BCUT2D eigenvalue weighted by molar-refractivity contribution is -0.0684. The van der Waals surface area contributed by atoms with E-state index in [1.807, 2.05) is 0 Å². The fraction of sp³-hybridized carbons (Fsp3) is 1.00. The molecule has 0 spiro atoms. The SMILES string of the molecule is COC1(N=NC2(OC)CCCCC2)CCCCC1. The van der Waals surface area contributed by atoms with Crippen LogP contribution in [0.4, 0.5) is 0 Å². The molecule has 18 heavy (non-hydrogen) atoms. The molecule has 2 fully saturated rings. The van der Waals surface area contributed by atoms with Gasteiger partial charge in [0, 0.05) is 14.2 Å². The molecule has 0 aliphatic heterocycles. The molecule has 0 heterocycles. The second kappa shape index (κ2) is 6.11. The van der Waals surface area contributed by atoms with Gasteiger partial charge in [0.05, 0.1) is 0 Å². The molecule has 2 aliphatic carbocycles. The van der Waals surface area contributed by atoms with Crippen LogP contribution in [0.2, 0.25) is 0 Å². The Hall–Kier alpha value is -0.480. The Balaban J connectivity index is 2.06. The van der Waals surface area contributed by atoms with E-state index in [0.717, 1.165) is 25.7 Å². The minimum atomic E-state index is -0.374. The number of hydrogen-bond acceptors (Lipinski definition) is 4. The van der Waals surface area contributed by atoms with Crippen molar-refractivity contribution in [2.75, 3.05) is 14.2 Å². The second-order valence-electron chi connectivity index (χ2n) is 5.62. The predicted octanol–water partition coefficient (Wildman–Crippen LogP) is 4.05. The average Bonchev–Trinajstić information content (AvgIpc) is 2.47. The third-order valence-electron chi connectivity index (χ3n) is 4.44. The van der Waals surface area contributed by atoms with E-state index < -0.39 is 0 Å². The van der Waals surface area contributed by atoms with E-state index in [9.17, 15) is 0 Å². The lowest BCUT2D eigenvalue weighted by Gasteiger charge is -2.35. The number of ether oxygens (including phenoxy) is 2. The minimum Gasteiger partial charge on any atom is -0.355 e. The van der Waals surface area contributed by atoms with Crippen molar-refractivity contribution in [3.05, 3.63) is 0 Å². The first-order valence-corrected chi connectivity index (χ1v) is 7.29. The highest BCUT2D eigenvalue weighted by molar-refractivity contribution is 4.85. The zero-order valence-electron chi connectivity index (χ0n) is 11.8. The molecule has 0 aromatic rings. The molecular weight excluding hydrogens is 228 g/mol. The predicted molar refractivity (Wildman–Crippen MR) is 70.5 cm³/mol. The lowest BCUT2D eigenvalue weighted by Crippen LogP contribution is -2.35. The molecule has 0 saturated heterocycles. The summed E-state index contributed by atoms with van der Waals surface area (Å²) in [5.41, 5.74) is -0.748. The molecule has 2 aliphatic rings. The molecule has 2 rings (SSSR count). The highest BCUT2D eigenvalue weighted by Crippen LogP contribution is 2.37. The van der Waals surface area contributed by atoms with Gasteiger partial charge in [-0.2, -0.15) is 10.2 Å². The standard InChI is InChI=1S/C14H26N2O2/c1-17-13(9-5-3-6-10-13)15-16-14(18-2)11-7-4-8-12-14/h3-12H2,1-2H3. The van der Waals surface area contributed by atoms with E-state index in [1.165, 1.54) is 38.5 Å². The van der Waals surface area contributed by atoms with E-state index in [4.69, 9.17) is 9.47 Å². The van der Waals surface area contributed by atoms with Crippen molar-refractivity contribution in [2.45, 2.75) is 75.7 Å². The summed E-state index contributed by atoms with van der Waals surface area (Å²) in [5.74, 6) is 0. The molecule has 4 heteroatoms. The molecule has 104 valence electrons. The van der Waals surface area contributed by atoms with Crippen LogP contribution in [0.5, 0.6) is 0 Å². The Labute approximate surface area is 110 Å². The van der Waals surface area contributed by atoms with Gasteiger partial charge in [-0.15, -0.1) is 0 Å². The number of rotatable bonds is 4. The van der Waals surface area contributed by atoms with Gasteiger partial charge in [-0.1, -0.05) is 12.8 Å². The summed E-state index contributed by atoms with van der Waals surface area (Å²) in [4.78, 5) is 0. The number of hydrogen-bond donors (Lipinski definition) is 0. The Morgan fingerprint density at radius 3 is 1.22 bits per heavy atom. The highest BCUT2D eigenvalue weighted by atomic mass is 16.5. The van der Waals surface area contributed by atoms with Crippen LogP contribution in [0.15, 0.2) is 10.2 Å². The normalized spacial score (nSPS) is 27.4. The quantitative estimate of drug-likeness (QED) is 0.710. The van der Waals surface area contributed by atoms with Crippen molar-refractivity contribution >= 4 is 0 Å². The van der Waals surface area contributed by atoms with Gasteiger partial charge in [0.1, 0.15) is 0 Å². The lowest BCUT2D eigenvalue weighted by atomic mass is 9.91. The van der Waals surface area contributed by atoms with Gasteiger partial charge in [-0.25, -0.2) is 0 Å². The topological polar surface area (TPSA) is 43.2 Å². The maximum atomic E-state index is 5.64. The second-order valence-corrected chi connectivity index (χ2v) is 5.62. The number of azo groups is 1. The molecular formula is C14H26N2O2. The van der Waals surface area contributed by atoms with Crippen LogP contribution in [0.3, 0.4) is 0 Å².